The fourth-order valence-corrected chi connectivity index (χ4v) is 3.16. The fraction of sp³-hybridized carbons (Fsp3) is 0.353. The Balaban J connectivity index is 1.98. The van der Waals surface area contributed by atoms with Gasteiger partial charge < -0.3 is 10.0 Å². The summed E-state index contributed by atoms with van der Waals surface area (Å²) in [5, 5.41) is 11.1. The molecule has 1 aliphatic heterocycles. The van der Waals surface area contributed by atoms with Gasteiger partial charge in [-0.1, -0.05) is 19.1 Å². The first-order valence-electron chi connectivity index (χ1n) is 7.44. The molecule has 2 unspecified atom stereocenters. The Bertz CT molecular complexity index is 729. The van der Waals surface area contributed by atoms with Crippen LogP contribution >= 0.6 is 0 Å². The van der Waals surface area contributed by atoms with Crippen molar-refractivity contribution >= 4 is 22.6 Å². The first-order valence-corrected chi connectivity index (χ1v) is 7.44. The lowest BCUT2D eigenvalue weighted by atomic mass is 9.89. The highest BCUT2D eigenvalue weighted by atomic mass is 16.4. The van der Waals surface area contributed by atoms with Gasteiger partial charge in [0.2, 0.25) is 0 Å². The van der Waals surface area contributed by atoms with E-state index in [4.69, 9.17) is 5.11 Å². The monoisotopic (exact) mass is 298 g/mol. The highest BCUT2D eigenvalue weighted by molar-refractivity contribution is 6.31. The van der Waals surface area contributed by atoms with Gasteiger partial charge in [-0.15, -0.1) is 0 Å². The molecule has 0 spiro atoms. The van der Waals surface area contributed by atoms with Gasteiger partial charge in [0.05, 0.1) is 6.04 Å². The van der Waals surface area contributed by atoms with E-state index in [-0.39, 0.29) is 6.04 Å². The van der Waals surface area contributed by atoms with E-state index < -0.39 is 11.9 Å². The van der Waals surface area contributed by atoms with Crippen molar-refractivity contribution in [1.29, 1.82) is 0 Å². The van der Waals surface area contributed by atoms with E-state index in [1.54, 1.807) is 12.4 Å². The molecule has 5 nitrogen and oxygen atoms in total. The summed E-state index contributed by atoms with van der Waals surface area (Å²) in [6.45, 7) is 2.54. The second kappa shape index (κ2) is 5.75. The van der Waals surface area contributed by atoms with Gasteiger partial charge in [0.25, 0.3) is 0 Å². The zero-order valence-corrected chi connectivity index (χ0v) is 12.4. The van der Waals surface area contributed by atoms with E-state index in [0.29, 0.717) is 12.5 Å². The number of carboxylic acid groups (broad SMARTS) is 1. The summed E-state index contributed by atoms with van der Waals surface area (Å²) in [7, 11) is 0. The number of nitrogens with zero attached hydrogens (tertiary/aromatic N) is 2. The van der Waals surface area contributed by atoms with Crippen molar-refractivity contribution < 1.29 is 14.7 Å². The number of aliphatic carboxylic acids is 1. The molecule has 2 atom stereocenters. The highest BCUT2D eigenvalue weighted by Crippen LogP contribution is 2.34. The number of piperidine rings is 1. The largest absolute Gasteiger partial charge is 0.474 e. The number of fused-ring (bicyclic) bond motifs is 1. The van der Waals surface area contributed by atoms with Crippen LogP contribution in [0.25, 0.3) is 10.8 Å². The minimum absolute atomic E-state index is 0.169. The van der Waals surface area contributed by atoms with Crippen molar-refractivity contribution in [2.45, 2.75) is 25.8 Å². The van der Waals surface area contributed by atoms with E-state index in [2.05, 4.69) is 4.98 Å². The number of amides is 1. The molecule has 1 amide bonds. The van der Waals surface area contributed by atoms with Crippen molar-refractivity contribution in [2.24, 2.45) is 5.92 Å². The molecule has 0 aliphatic carbocycles. The Kier molecular flexibility index (Phi) is 3.79. The van der Waals surface area contributed by atoms with Gasteiger partial charge >= 0.3 is 11.9 Å². The molecule has 2 aromatic rings. The van der Waals surface area contributed by atoms with E-state index in [1.165, 1.54) is 4.90 Å². The lowest BCUT2D eigenvalue weighted by Gasteiger charge is -2.38. The van der Waals surface area contributed by atoms with Crippen LogP contribution < -0.4 is 0 Å². The van der Waals surface area contributed by atoms with E-state index in [0.717, 1.165) is 29.2 Å². The third kappa shape index (κ3) is 2.66. The maximum atomic E-state index is 12.0. The number of aromatic nitrogens is 1. The SMILES string of the molecule is CC1CCC(c2ccc3cnccc3c2)N(C(=O)C(=O)O)C1. The number of hydrogen-bond acceptors (Lipinski definition) is 3. The van der Waals surface area contributed by atoms with Crippen LogP contribution in [0.1, 0.15) is 31.4 Å². The number of rotatable bonds is 1. The molecule has 1 aromatic heterocycles. The van der Waals surface area contributed by atoms with Crippen LogP contribution in [0, 0.1) is 5.92 Å². The average Bonchev–Trinajstić information content (AvgIpc) is 2.53. The first kappa shape index (κ1) is 14.5. The molecule has 1 saturated heterocycles. The molecule has 2 heterocycles. The van der Waals surface area contributed by atoms with Crippen molar-refractivity contribution in [1.82, 2.24) is 9.88 Å². The minimum atomic E-state index is -1.39. The second-order valence-electron chi connectivity index (χ2n) is 5.94. The number of carbonyl (C=O) groups is 2. The van der Waals surface area contributed by atoms with E-state index >= 15 is 0 Å². The third-order valence-corrected chi connectivity index (χ3v) is 4.31. The minimum Gasteiger partial charge on any atom is -0.474 e. The van der Waals surface area contributed by atoms with E-state index in [1.807, 2.05) is 31.2 Å². The molecule has 1 N–H and O–H groups in total. The maximum absolute atomic E-state index is 12.0. The number of carbonyl (C=O) groups excluding carboxylic acids is 1. The molecule has 1 aliphatic rings. The number of hydrogen-bond donors (Lipinski definition) is 1. The molecule has 0 radical (unpaired) electrons. The summed E-state index contributed by atoms with van der Waals surface area (Å²) >= 11 is 0. The molecule has 3 rings (SSSR count). The van der Waals surface area contributed by atoms with Crippen LogP contribution in [-0.4, -0.2) is 33.4 Å². The third-order valence-electron chi connectivity index (χ3n) is 4.31. The topological polar surface area (TPSA) is 70.5 Å². The Morgan fingerprint density at radius 2 is 2.05 bits per heavy atom. The van der Waals surface area contributed by atoms with Crippen LogP contribution in [0.15, 0.2) is 36.7 Å². The fourth-order valence-electron chi connectivity index (χ4n) is 3.16. The van der Waals surface area contributed by atoms with Crippen LogP contribution in [0.4, 0.5) is 0 Å². The van der Waals surface area contributed by atoms with Gasteiger partial charge in [0.1, 0.15) is 0 Å². The predicted octanol–water partition coefficient (Wildman–Crippen LogP) is 2.62. The standard InChI is InChI=1S/C17H18N2O3/c1-11-2-5-15(19(10-11)16(20)17(21)22)13-3-4-14-9-18-7-6-12(14)8-13/h3-4,6-9,11,15H,2,5,10H2,1H3,(H,21,22). The summed E-state index contributed by atoms with van der Waals surface area (Å²) < 4.78 is 0. The second-order valence-corrected chi connectivity index (χ2v) is 5.94. The smallest absolute Gasteiger partial charge is 0.394 e. The Hall–Kier alpha value is -2.43. The molecular formula is C17H18N2O3. The highest BCUT2D eigenvalue weighted by Gasteiger charge is 2.34. The average molecular weight is 298 g/mol. The summed E-state index contributed by atoms with van der Waals surface area (Å²) in [6, 6.07) is 7.72. The Morgan fingerprint density at radius 3 is 2.82 bits per heavy atom. The van der Waals surface area contributed by atoms with Gasteiger partial charge in [-0.05, 0) is 41.8 Å². The molecule has 0 saturated carbocycles. The quantitative estimate of drug-likeness (QED) is 0.822. The summed E-state index contributed by atoms with van der Waals surface area (Å²) in [6.07, 6.45) is 5.30. The van der Waals surface area contributed by atoms with Crippen molar-refractivity contribution in [3.63, 3.8) is 0 Å². The van der Waals surface area contributed by atoms with Crippen LogP contribution in [-0.2, 0) is 9.59 Å². The zero-order chi connectivity index (χ0) is 15.7. The summed E-state index contributed by atoms with van der Waals surface area (Å²) in [5.41, 5.74) is 0.986. The number of likely N-dealkylation sites (tertiary alicyclic amines) is 1. The van der Waals surface area contributed by atoms with Crippen LogP contribution in [0.5, 0.6) is 0 Å². The molecule has 1 fully saturated rings. The maximum Gasteiger partial charge on any atom is 0.394 e. The lowest BCUT2D eigenvalue weighted by molar-refractivity contribution is -0.158. The van der Waals surface area contributed by atoms with Crippen molar-refractivity contribution in [2.75, 3.05) is 6.54 Å². The zero-order valence-electron chi connectivity index (χ0n) is 12.4. The molecule has 5 heteroatoms. The van der Waals surface area contributed by atoms with E-state index in [9.17, 15) is 9.59 Å². The van der Waals surface area contributed by atoms with Gasteiger partial charge in [0, 0.05) is 24.3 Å². The summed E-state index contributed by atoms with van der Waals surface area (Å²) in [5.74, 6) is -1.88. The normalized spacial score (nSPS) is 21.8. The van der Waals surface area contributed by atoms with Gasteiger partial charge in [-0.2, -0.15) is 0 Å². The molecule has 114 valence electrons. The first-order chi connectivity index (χ1) is 10.6. The Morgan fingerprint density at radius 1 is 1.23 bits per heavy atom. The molecule has 22 heavy (non-hydrogen) atoms. The lowest BCUT2D eigenvalue weighted by Crippen LogP contribution is -2.44. The number of benzene rings is 1. The van der Waals surface area contributed by atoms with Gasteiger partial charge in [0.15, 0.2) is 0 Å². The molecule has 0 bridgehead atoms. The van der Waals surface area contributed by atoms with Crippen LogP contribution in [0.3, 0.4) is 0 Å². The molecular weight excluding hydrogens is 280 g/mol. The van der Waals surface area contributed by atoms with Crippen molar-refractivity contribution in [3.8, 4) is 0 Å². The summed E-state index contributed by atoms with van der Waals surface area (Å²) in [4.78, 5) is 28.7. The van der Waals surface area contributed by atoms with Crippen LogP contribution in [0.2, 0.25) is 0 Å². The number of pyridine rings is 1. The van der Waals surface area contributed by atoms with Gasteiger partial charge in [-0.3, -0.25) is 9.78 Å². The Labute approximate surface area is 128 Å². The molecule has 1 aromatic carbocycles. The number of carboxylic acids is 1. The predicted molar refractivity (Wildman–Crippen MR) is 82.2 cm³/mol. The van der Waals surface area contributed by atoms with Gasteiger partial charge in [-0.25, -0.2) is 4.79 Å². The van der Waals surface area contributed by atoms with Crippen molar-refractivity contribution in [3.05, 3.63) is 42.2 Å².